The summed E-state index contributed by atoms with van der Waals surface area (Å²) >= 11 is 0. The minimum absolute atomic E-state index is 0.358. The third kappa shape index (κ3) is 5.78. The van der Waals surface area contributed by atoms with Gasteiger partial charge in [-0.05, 0) is 27.7 Å². The number of amidine groups is 1. The fraction of sp³-hybridized carbons (Fsp3) is 0.917. The van der Waals surface area contributed by atoms with Crippen molar-refractivity contribution in [3.05, 3.63) is 0 Å². The first-order valence-electron chi connectivity index (χ1n) is 5.91. The predicted octanol–water partition coefficient (Wildman–Crippen LogP) is 2.12. The van der Waals surface area contributed by atoms with E-state index >= 15 is 0 Å². The molecule has 0 rings (SSSR count). The molecule has 0 fully saturated rings. The SMILES string of the molecule is CC(C)C(N)=NCCN(C(C)C)C(C)C. The molecule has 0 aliphatic carbocycles. The molecule has 90 valence electrons. The third-order valence-electron chi connectivity index (χ3n) is 2.57. The Balaban J connectivity index is 4.07. The van der Waals surface area contributed by atoms with Crippen molar-refractivity contribution in [1.82, 2.24) is 4.90 Å². The standard InChI is InChI=1S/C12H27N3/c1-9(2)12(13)14-7-8-15(10(3)4)11(5)6/h9-11H,7-8H2,1-6H3,(H2,13,14). The monoisotopic (exact) mass is 213 g/mol. The topological polar surface area (TPSA) is 41.6 Å². The summed E-state index contributed by atoms with van der Waals surface area (Å²) in [5.74, 6) is 1.12. The van der Waals surface area contributed by atoms with Crippen LogP contribution in [0.15, 0.2) is 4.99 Å². The van der Waals surface area contributed by atoms with Gasteiger partial charge in [-0.15, -0.1) is 0 Å². The minimum Gasteiger partial charge on any atom is -0.387 e. The Morgan fingerprint density at radius 1 is 1.07 bits per heavy atom. The van der Waals surface area contributed by atoms with E-state index < -0.39 is 0 Å². The number of nitrogens with zero attached hydrogens (tertiary/aromatic N) is 2. The number of aliphatic imine (C=N–C) groups is 1. The van der Waals surface area contributed by atoms with Gasteiger partial charge in [0.05, 0.1) is 12.4 Å². The number of hydrogen-bond acceptors (Lipinski definition) is 2. The van der Waals surface area contributed by atoms with Crippen molar-refractivity contribution >= 4 is 5.84 Å². The second-order valence-corrected chi connectivity index (χ2v) is 4.89. The zero-order valence-corrected chi connectivity index (χ0v) is 11.1. The van der Waals surface area contributed by atoms with Gasteiger partial charge in [0, 0.05) is 24.5 Å². The molecule has 3 heteroatoms. The van der Waals surface area contributed by atoms with E-state index in [0.717, 1.165) is 18.9 Å². The summed E-state index contributed by atoms with van der Waals surface area (Å²) in [6, 6.07) is 1.14. The first-order valence-corrected chi connectivity index (χ1v) is 5.91. The maximum atomic E-state index is 5.79. The van der Waals surface area contributed by atoms with Crippen LogP contribution in [-0.4, -0.2) is 35.9 Å². The van der Waals surface area contributed by atoms with E-state index in [4.69, 9.17) is 5.73 Å². The predicted molar refractivity (Wildman–Crippen MR) is 68.3 cm³/mol. The molecule has 15 heavy (non-hydrogen) atoms. The number of rotatable bonds is 6. The summed E-state index contributed by atoms with van der Waals surface area (Å²) in [6.07, 6.45) is 0. The zero-order chi connectivity index (χ0) is 12.0. The maximum absolute atomic E-state index is 5.79. The van der Waals surface area contributed by atoms with Crippen LogP contribution >= 0.6 is 0 Å². The van der Waals surface area contributed by atoms with Crippen LogP contribution in [0.1, 0.15) is 41.5 Å². The molecule has 0 heterocycles. The molecule has 0 amide bonds. The Labute approximate surface area is 94.7 Å². The first-order chi connectivity index (χ1) is 6.86. The highest BCUT2D eigenvalue weighted by atomic mass is 15.2. The van der Waals surface area contributed by atoms with E-state index in [1.54, 1.807) is 0 Å². The van der Waals surface area contributed by atoms with Crippen LogP contribution in [0, 0.1) is 5.92 Å². The summed E-state index contributed by atoms with van der Waals surface area (Å²) < 4.78 is 0. The lowest BCUT2D eigenvalue weighted by Gasteiger charge is -2.29. The van der Waals surface area contributed by atoms with Crippen molar-refractivity contribution in [3.63, 3.8) is 0 Å². The van der Waals surface area contributed by atoms with Crippen LogP contribution in [0.5, 0.6) is 0 Å². The Morgan fingerprint density at radius 2 is 1.53 bits per heavy atom. The summed E-state index contributed by atoms with van der Waals surface area (Å²) in [5, 5.41) is 0. The van der Waals surface area contributed by atoms with E-state index in [1.807, 2.05) is 0 Å². The Morgan fingerprint density at radius 3 is 1.87 bits per heavy atom. The minimum atomic E-state index is 0.358. The van der Waals surface area contributed by atoms with E-state index in [9.17, 15) is 0 Å². The van der Waals surface area contributed by atoms with Gasteiger partial charge in [-0.3, -0.25) is 9.89 Å². The largest absolute Gasteiger partial charge is 0.387 e. The molecule has 0 saturated carbocycles. The highest BCUT2D eigenvalue weighted by Gasteiger charge is 2.12. The van der Waals surface area contributed by atoms with Gasteiger partial charge < -0.3 is 5.73 Å². The van der Waals surface area contributed by atoms with Gasteiger partial charge >= 0.3 is 0 Å². The molecule has 0 aromatic rings. The molecule has 2 N–H and O–H groups in total. The lowest BCUT2D eigenvalue weighted by Crippen LogP contribution is -2.39. The van der Waals surface area contributed by atoms with E-state index in [1.165, 1.54) is 0 Å². The number of nitrogens with two attached hydrogens (primary N) is 1. The molecule has 0 aliphatic rings. The fourth-order valence-electron chi connectivity index (χ4n) is 1.59. The molecule has 0 aromatic carbocycles. The normalized spacial score (nSPS) is 13.6. The zero-order valence-electron chi connectivity index (χ0n) is 11.1. The van der Waals surface area contributed by atoms with Gasteiger partial charge in [0.15, 0.2) is 0 Å². The van der Waals surface area contributed by atoms with Crippen molar-refractivity contribution in [2.45, 2.75) is 53.6 Å². The van der Waals surface area contributed by atoms with Gasteiger partial charge in [-0.1, -0.05) is 13.8 Å². The van der Waals surface area contributed by atoms with Crippen molar-refractivity contribution in [1.29, 1.82) is 0 Å². The molecular formula is C12H27N3. The second-order valence-electron chi connectivity index (χ2n) is 4.89. The fourth-order valence-corrected chi connectivity index (χ4v) is 1.59. The van der Waals surface area contributed by atoms with E-state index in [-0.39, 0.29) is 0 Å². The van der Waals surface area contributed by atoms with E-state index in [0.29, 0.717) is 18.0 Å². The van der Waals surface area contributed by atoms with Crippen molar-refractivity contribution in [2.24, 2.45) is 16.6 Å². The quantitative estimate of drug-likeness (QED) is 0.542. The van der Waals surface area contributed by atoms with Crippen LogP contribution in [0.2, 0.25) is 0 Å². The highest BCUT2D eigenvalue weighted by molar-refractivity contribution is 5.82. The lowest BCUT2D eigenvalue weighted by atomic mass is 10.2. The van der Waals surface area contributed by atoms with Gasteiger partial charge in [0.25, 0.3) is 0 Å². The molecular weight excluding hydrogens is 186 g/mol. The molecule has 0 saturated heterocycles. The molecule has 0 aromatic heterocycles. The molecule has 0 bridgehead atoms. The van der Waals surface area contributed by atoms with E-state index in [2.05, 4.69) is 51.4 Å². The smallest absolute Gasteiger partial charge is 0.0963 e. The third-order valence-corrected chi connectivity index (χ3v) is 2.57. The highest BCUT2D eigenvalue weighted by Crippen LogP contribution is 2.04. The summed E-state index contributed by atoms with van der Waals surface area (Å²) in [5.41, 5.74) is 5.79. The summed E-state index contributed by atoms with van der Waals surface area (Å²) in [7, 11) is 0. The number of hydrogen-bond donors (Lipinski definition) is 1. The van der Waals surface area contributed by atoms with Gasteiger partial charge in [-0.25, -0.2) is 0 Å². The van der Waals surface area contributed by atoms with Crippen molar-refractivity contribution < 1.29 is 0 Å². The average molecular weight is 213 g/mol. The van der Waals surface area contributed by atoms with Gasteiger partial charge in [0.2, 0.25) is 0 Å². The molecule has 0 spiro atoms. The van der Waals surface area contributed by atoms with Crippen molar-refractivity contribution in [2.75, 3.05) is 13.1 Å². The molecule has 0 radical (unpaired) electrons. The molecule has 0 atom stereocenters. The second kappa shape index (κ2) is 6.83. The van der Waals surface area contributed by atoms with Crippen LogP contribution < -0.4 is 5.73 Å². The average Bonchev–Trinajstić information content (AvgIpc) is 2.10. The molecule has 3 nitrogen and oxygen atoms in total. The Bertz CT molecular complexity index is 187. The Hall–Kier alpha value is -0.570. The summed E-state index contributed by atoms with van der Waals surface area (Å²) in [6.45, 7) is 14.8. The van der Waals surface area contributed by atoms with Crippen molar-refractivity contribution in [3.8, 4) is 0 Å². The lowest BCUT2D eigenvalue weighted by molar-refractivity contribution is 0.181. The first kappa shape index (κ1) is 14.4. The molecule has 0 unspecified atom stereocenters. The van der Waals surface area contributed by atoms with Gasteiger partial charge in [0.1, 0.15) is 0 Å². The maximum Gasteiger partial charge on any atom is 0.0963 e. The van der Waals surface area contributed by atoms with Crippen LogP contribution in [0.25, 0.3) is 0 Å². The van der Waals surface area contributed by atoms with Gasteiger partial charge in [-0.2, -0.15) is 0 Å². The van der Waals surface area contributed by atoms with Crippen LogP contribution in [-0.2, 0) is 0 Å². The summed E-state index contributed by atoms with van der Waals surface area (Å²) in [4.78, 5) is 6.81. The molecule has 0 aliphatic heterocycles. The Kier molecular flexibility index (Phi) is 6.57. The van der Waals surface area contributed by atoms with Crippen LogP contribution in [0.4, 0.5) is 0 Å². The van der Waals surface area contributed by atoms with Crippen LogP contribution in [0.3, 0.4) is 0 Å².